The number of carbonyl (C=O) groups is 1. The van der Waals surface area contributed by atoms with Crippen LogP contribution in [0.1, 0.15) is 16.1 Å². The zero-order valence-corrected chi connectivity index (χ0v) is 11.1. The Balaban J connectivity index is 2.09. The summed E-state index contributed by atoms with van der Waals surface area (Å²) in [6.07, 6.45) is 1.94. The highest BCUT2D eigenvalue weighted by Gasteiger charge is 2.08. The van der Waals surface area contributed by atoms with E-state index < -0.39 is 0 Å². The molecule has 1 amide bonds. The first-order chi connectivity index (χ1) is 9.72. The summed E-state index contributed by atoms with van der Waals surface area (Å²) in [6.45, 7) is 0. The molecule has 0 fully saturated rings. The molecule has 0 bridgehead atoms. The van der Waals surface area contributed by atoms with Crippen LogP contribution in [-0.4, -0.2) is 17.9 Å². The zero-order valence-electron chi connectivity index (χ0n) is 11.1. The Morgan fingerprint density at radius 3 is 2.65 bits per heavy atom. The number of rotatable bonds is 4. The molecular weight excluding hydrogens is 252 g/mol. The molecule has 0 unspecified atom stereocenters. The highest BCUT2D eigenvalue weighted by Crippen LogP contribution is 2.12. The predicted octanol–water partition coefficient (Wildman–Crippen LogP) is 2.44. The topological polar surface area (TPSA) is 77.8 Å². The molecule has 2 N–H and O–H groups in total. The van der Waals surface area contributed by atoms with Crippen LogP contribution in [0.5, 0.6) is 0 Å². The minimum absolute atomic E-state index is 0.268. The van der Waals surface area contributed by atoms with E-state index in [2.05, 4.69) is 21.7 Å². The number of pyridine rings is 1. The fourth-order valence-corrected chi connectivity index (χ4v) is 1.70. The summed E-state index contributed by atoms with van der Waals surface area (Å²) in [5.41, 5.74) is 2.77. The molecule has 0 saturated heterocycles. The molecule has 0 aliphatic carbocycles. The van der Waals surface area contributed by atoms with Crippen molar-refractivity contribution in [1.82, 2.24) is 4.98 Å². The lowest BCUT2D eigenvalue weighted by Gasteiger charge is -2.06. The smallest absolute Gasteiger partial charge is 0.274 e. The van der Waals surface area contributed by atoms with Crippen molar-refractivity contribution in [3.63, 3.8) is 0 Å². The van der Waals surface area contributed by atoms with Gasteiger partial charge in [-0.2, -0.15) is 5.26 Å². The van der Waals surface area contributed by atoms with Crippen molar-refractivity contribution < 1.29 is 4.79 Å². The third kappa shape index (κ3) is 3.33. The number of carbonyl (C=O) groups excluding carboxylic acids is 1. The van der Waals surface area contributed by atoms with Crippen molar-refractivity contribution in [1.29, 1.82) is 5.26 Å². The second-order valence-electron chi connectivity index (χ2n) is 4.17. The molecule has 0 aliphatic heterocycles. The molecule has 5 heteroatoms. The van der Waals surface area contributed by atoms with Crippen LogP contribution in [0.25, 0.3) is 0 Å². The van der Waals surface area contributed by atoms with Gasteiger partial charge in [-0.25, -0.2) is 0 Å². The average molecular weight is 266 g/mol. The number of hydrogen-bond acceptors (Lipinski definition) is 4. The number of nitrogens with one attached hydrogen (secondary N) is 2. The molecule has 1 aromatic heterocycles. The Hall–Kier alpha value is -2.87. The van der Waals surface area contributed by atoms with Gasteiger partial charge in [0, 0.05) is 24.6 Å². The standard InChI is InChI=1S/C15H14N4O/c1-17-13-7-9-18-14(10-13)15(20)19-12-4-2-11(3-5-12)6-8-16/h2-5,7,9-10H,6H2,1H3,(H,17,18)(H,19,20). The van der Waals surface area contributed by atoms with Gasteiger partial charge in [-0.05, 0) is 29.8 Å². The Labute approximate surface area is 117 Å². The van der Waals surface area contributed by atoms with Gasteiger partial charge in [0.25, 0.3) is 5.91 Å². The van der Waals surface area contributed by atoms with Gasteiger partial charge >= 0.3 is 0 Å². The van der Waals surface area contributed by atoms with Gasteiger partial charge in [-0.3, -0.25) is 9.78 Å². The quantitative estimate of drug-likeness (QED) is 0.891. The number of aromatic nitrogens is 1. The van der Waals surface area contributed by atoms with Gasteiger partial charge in [-0.15, -0.1) is 0 Å². The Morgan fingerprint density at radius 2 is 2.00 bits per heavy atom. The molecule has 100 valence electrons. The van der Waals surface area contributed by atoms with E-state index in [0.29, 0.717) is 17.8 Å². The molecule has 0 atom stereocenters. The van der Waals surface area contributed by atoms with Crippen LogP contribution in [0.15, 0.2) is 42.6 Å². The number of nitriles is 1. The fourth-order valence-electron chi connectivity index (χ4n) is 1.70. The van der Waals surface area contributed by atoms with Crippen LogP contribution >= 0.6 is 0 Å². The van der Waals surface area contributed by atoms with Gasteiger partial charge in [-0.1, -0.05) is 12.1 Å². The van der Waals surface area contributed by atoms with Crippen molar-refractivity contribution in [2.24, 2.45) is 0 Å². The highest BCUT2D eigenvalue weighted by atomic mass is 16.1. The summed E-state index contributed by atoms with van der Waals surface area (Å²) in [5.74, 6) is -0.268. The molecule has 1 aromatic carbocycles. The maximum absolute atomic E-state index is 12.0. The largest absolute Gasteiger partial charge is 0.388 e. The maximum atomic E-state index is 12.0. The van der Waals surface area contributed by atoms with E-state index in [0.717, 1.165) is 11.3 Å². The van der Waals surface area contributed by atoms with E-state index in [9.17, 15) is 4.79 Å². The van der Waals surface area contributed by atoms with Crippen LogP contribution in [0.3, 0.4) is 0 Å². The monoisotopic (exact) mass is 266 g/mol. The SMILES string of the molecule is CNc1ccnc(C(=O)Nc2ccc(CC#N)cc2)c1. The summed E-state index contributed by atoms with van der Waals surface area (Å²) in [5, 5.41) is 14.3. The molecule has 1 heterocycles. The average Bonchev–Trinajstić information content (AvgIpc) is 2.49. The van der Waals surface area contributed by atoms with E-state index in [1.54, 1.807) is 37.5 Å². The van der Waals surface area contributed by atoms with Crippen LogP contribution in [0.4, 0.5) is 11.4 Å². The Kier molecular flexibility index (Phi) is 4.30. The molecule has 0 saturated carbocycles. The molecule has 0 spiro atoms. The normalized spacial score (nSPS) is 9.60. The van der Waals surface area contributed by atoms with Gasteiger partial charge < -0.3 is 10.6 Å². The number of benzene rings is 1. The minimum Gasteiger partial charge on any atom is -0.388 e. The van der Waals surface area contributed by atoms with E-state index in [1.807, 2.05) is 12.1 Å². The number of hydrogen-bond donors (Lipinski definition) is 2. The molecule has 0 radical (unpaired) electrons. The van der Waals surface area contributed by atoms with Crippen molar-refractivity contribution >= 4 is 17.3 Å². The highest BCUT2D eigenvalue weighted by molar-refractivity contribution is 6.03. The van der Waals surface area contributed by atoms with Gasteiger partial charge in [0.1, 0.15) is 5.69 Å². The molecule has 2 rings (SSSR count). The molecule has 0 aliphatic rings. The summed E-state index contributed by atoms with van der Waals surface area (Å²) in [7, 11) is 1.78. The van der Waals surface area contributed by atoms with Crippen LogP contribution in [0.2, 0.25) is 0 Å². The van der Waals surface area contributed by atoms with Crippen LogP contribution < -0.4 is 10.6 Å². The van der Waals surface area contributed by atoms with Gasteiger partial charge in [0.2, 0.25) is 0 Å². The second kappa shape index (κ2) is 6.34. The van der Waals surface area contributed by atoms with E-state index in [1.165, 1.54) is 0 Å². The molecular formula is C15H14N4O. The van der Waals surface area contributed by atoms with Crippen molar-refractivity contribution in [2.75, 3.05) is 17.7 Å². The first kappa shape index (κ1) is 13.6. The minimum atomic E-state index is -0.268. The van der Waals surface area contributed by atoms with Gasteiger partial charge in [0.05, 0.1) is 12.5 Å². The lowest BCUT2D eigenvalue weighted by Crippen LogP contribution is -2.13. The first-order valence-corrected chi connectivity index (χ1v) is 6.14. The maximum Gasteiger partial charge on any atom is 0.274 e. The van der Waals surface area contributed by atoms with Crippen molar-refractivity contribution in [3.05, 3.63) is 53.9 Å². The second-order valence-corrected chi connectivity index (χ2v) is 4.17. The lowest BCUT2D eigenvalue weighted by molar-refractivity contribution is 0.102. The summed E-state index contributed by atoms with van der Waals surface area (Å²) in [6, 6.07) is 12.7. The predicted molar refractivity (Wildman–Crippen MR) is 77.5 cm³/mol. The van der Waals surface area contributed by atoms with Crippen molar-refractivity contribution in [2.45, 2.75) is 6.42 Å². The third-order valence-corrected chi connectivity index (χ3v) is 2.78. The van der Waals surface area contributed by atoms with Gasteiger partial charge in [0.15, 0.2) is 0 Å². The Morgan fingerprint density at radius 1 is 1.25 bits per heavy atom. The van der Waals surface area contributed by atoms with Crippen LogP contribution in [0, 0.1) is 11.3 Å². The lowest BCUT2D eigenvalue weighted by atomic mass is 10.1. The van der Waals surface area contributed by atoms with Crippen LogP contribution in [-0.2, 0) is 6.42 Å². The zero-order chi connectivity index (χ0) is 14.4. The van der Waals surface area contributed by atoms with Crippen molar-refractivity contribution in [3.8, 4) is 6.07 Å². The Bertz CT molecular complexity index is 644. The molecule has 5 nitrogen and oxygen atoms in total. The summed E-state index contributed by atoms with van der Waals surface area (Å²) >= 11 is 0. The number of nitrogens with zero attached hydrogens (tertiary/aromatic N) is 2. The summed E-state index contributed by atoms with van der Waals surface area (Å²) < 4.78 is 0. The first-order valence-electron chi connectivity index (χ1n) is 6.14. The third-order valence-electron chi connectivity index (χ3n) is 2.78. The van der Waals surface area contributed by atoms with E-state index in [4.69, 9.17) is 5.26 Å². The number of amides is 1. The molecule has 20 heavy (non-hydrogen) atoms. The van der Waals surface area contributed by atoms with E-state index >= 15 is 0 Å². The fraction of sp³-hybridized carbons (Fsp3) is 0.133. The summed E-state index contributed by atoms with van der Waals surface area (Å²) in [4.78, 5) is 16.1. The number of anilines is 2. The molecule has 2 aromatic rings. The van der Waals surface area contributed by atoms with E-state index in [-0.39, 0.29) is 5.91 Å².